The number of aromatic nitrogens is 1. The first-order chi connectivity index (χ1) is 13.6. The summed E-state index contributed by atoms with van der Waals surface area (Å²) in [5, 5.41) is 0. The van der Waals surface area contributed by atoms with Crippen LogP contribution in [-0.4, -0.2) is 55.1 Å². The number of piperidine rings is 1. The van der Waals surface area contributed by atoms with E-state index in [4.69, 9.17) is 0 Å². The highest BCUT2D eigenvalue weighted by Crippen LogP contribution is 2.23. The van der Waals surface area contributed by atoms with Crippen molar-refractivity contribution < 1.29 is 9.18 Å². The van der Waals surface area contributed by atoms with Crippen molar-refractivity contribution in [1.29, 1.82) is 0 Å². The lowest BCUT2D eigenvalue weighted by atomic mass is 9.99. The van der Waals surface area contributed by atoms with Crippen LogP contribution in [0.2, 0.25) is 0 Å². The first-order valence-electron chi connectivity index (χ1n) is 10.1. The van der Waals surface area contributed by atoms with Crippen molar-refractivity contribution >= 4 is 17.4 Å². The molecule has 2 saturated heterocycles. The molecule has 0 aliphatic carbocycles. The highest BCUT2D eigenvalue weighted by atomic mass is 19.1. The Balaban J connectivity index is 1.36. The molecule has 0 atom stereocenters. The molecule has 2 aromatic rings. The monoisotopic (exact) mass is 382 g/mol. The topological polar surface area (TPSA) is 39.7 Å². The molecule has 0 bridgehead atoms. The number of hydrogen-bond acceptors (Lipinski definition) is 4. The summed E-state index contributed by atoms with van der Waals surface area (Å²) in [6, 6.07) is 10.6. The van der Waals surface area contributed by atoms with Gasteiger partial charge in [0.25, 0.3) is 5.91 Å². The van der Waals surface area contributed by atoms with Crippen LogP contribution >= 0.6 is 0 Å². The molecule has 1 aromatic carbocycles. The predicted molar refractivity (Wildman–Crippen MR) is 109 cm³/mol. The standard InChI is InChI=1S/C22H27FN4O/c1-17-8-10-26(11-9-17)21-7-6-18(16-24-21)22(28)27-14-12-25(13-15-27)20-5-3-2-4-19(20)23/h2-7,16-17H,8-15H2,1H3. The van der Waals surface area contributed by atoms with Gasteiger partial charge in [0, 0.05) is 45.5 Å². The number of carbonyl (C=O) groups is 1. The molecule has 28 heavy (non-hydrogen) atoms. The molecule has 2 aliphatic rings. The van der Waals surface area contributed by atoms with Gasteiger partial charge in [-0.3, -0.25) is 4.79 Å². The summed E-state index contributed by atoms with van der Waals surface area (Å²) in [5.41, 5.74) is 1.23. The molecule has 2 aliphatic heterocycles. The van der Waals surface area contributed by atoms with Crippen LogP contribution in [0.15, 0.2) is 42.6 Å². The number of benzene rings is 1. The highest BCUT2D eigenvalue weighted by Gasteiger charge is 2.24. The minimum absolute atomic E-state index is 0.000463. The van der Waals surface area contributed by atoms with E-state index in [0.717, 1.165) is 24.8 Å². The largest absolute Gasteiger partial charge is 0.366 e. The predicted octanol–water partition coefficient (Wildman–Crippen LogP) is 3.42. The van der Waals surface area contributed by atoms with Crippen LogP contribution in [0.3, 0.4) is 0 Å². The zero-order chi connectivity index (χ0) is 19.5. The Morgan fingerprint density at radius 3 is 2.32 bits per heavy atom. The van der Waals surface area contributed by atoms with Crippen molar-refractivity contribution in [2.75, 3.05) is 49.1 Å². The van der Waals surface area contributed by atoms with E-state index in [9.17, 15) is 9.18 Å². The number of rotatable bonds is 3. The van der Waals surface area contributed by atoms with Gasteiger partial charge in [0.05, 0.1) is 11.3 Å². The minimum Gasteiger partial charge on any atom is -0.366 e. The maximum atomic E-state index is 14.0. The Kier molecular flexibility index (Phi) is 5.46. The maximum absolute atomic E-state index is 14.0. The molecule has 148 valence electrons. The molecule has 0 unspecified atom stereocenters. The van der Waals surface area contributed by atoms with Crippen LogP contribution in [0.5, 0.6) is 0 Å². The second kappa shape index (κ2) is 8.17. The molecule has 0 N–H and O–H groups in total. The van der Waals surface area contributed by atoms with E-state index in [-0.39, 0.29) is 11.7 Å². The Morgan fingerprint density at radius 1 is 0.964 bits per heavy atom. The second-order valence-corrected chi connectivity index (χ2v) is 7.81. The highest BCUT2D eigenvalue weighted by molar-refractivity contribution is 5.94. The van der Waals surface area contributed by atoms with E-state index in [0.29, 0.717) is 37.4 Å². The van der Waals surface area contributed by atoms with E-state index in [1.165, 1.54) is 18.9 Å². The van der Waals surface area contributed by atoms with Gasteiger partial charge in [-0.05, 0) is 43.0 Å². The summed E-state index contributed by atoms with van der Waals surface area (Å²) >= 11 is 0. The van der Waals surface area contributed by atoms with Gasteiger partial charge in [-0.25, -0.2) is 9.37 Å². The van der Waals surface area contributed by atoms with E-state index in [2.05, 4.69) is 16.8 Å². The third-order valence-electron chi connectivity index (χ3n) is 5.86. The summed E-state index contributed by atoms with van der Waals surface area (Å²) in [5.74, 6) is 1.52. The van der Waals surface area contributed by atoms with Gasteiger partial charge in [-0.1, -0.05) is 19.1 Å². The molecule has 0 spiro atoms. The number of nitrogens with zero attached hydrogens (tertiary/aromatic N) is 4. The number of para-hydroxylation sites is 1. The van der Waals surface area contributed by atoms with Crippen LogP contribution in [0.25, 0.3) is 0 Å². The average molecular weight is 382 g/mol. The summed E-state index contributed by atoms with van der Waals surface area (Å²) in [4.78, 5) is 23.5. The molecular weight excluding hydrogens is 355 g/mol. The number of hydrogen-bond donors (Lipinski definition) is 0. The molecule has 0 saturated carbocycles. The fourth-order valence-electron chi connectivity index (χ4n) is 3.98. The van der Waals surface area contributed by atoms with Crippen molar-refractivity contribution in [3.8, 4) is 0 Å². The van der Waals surface area contributed by atoms with Crippen LogP contribution in [0.1, 0.15) is 30.1 Å². The Labute approximate surface area is 165 Å². The number of piperazine rings is 1. The Morgan fingerprint density at radius 2 is 1.68 bits per heavy atom. The van der Waals surface area contributed by atoms with Gasteiger partial charge in [0.1, 0.15) is 11.6 Å². The fourth-order valence-corrected chi connectivity index (χ4v) is 3.98. The molecule has 3 heterocycles. The maximum Gasteiger partial charge on any atom is 0.255 e. The molecule has 2 fully saturated rings. The minimum atomic E-state index is -0.214. The van der Waals surface area contributed by atoms with Gasteiger partial charge in [0.2, 0.25) is 0 Å². The van der Waals surface area contributed by atoms with Gasteiger partial charge < -0.3 is 14.7 Å². The van der Waals surface area contributed by atoms with Gasteiger partial charge >= 0.3 is 0 Å². The lowest BCUT2D eigenvalue weighted by Crippen LogP contribution is -2.49. The van der Waals surface area contributed by atoms with Gasteiger partial charge in [-0.15, -0.1) is 0 Å². The van der Waals surface area contributed by atoms with E-state index >= 15 is 0 Å². The third-order valence-corrected chi connectivity index (χ3v) is 5.86. The van der Waals surface area contributed by atoms with Crippen LogP contribution in [0.4, 0.5) is 15.9 Å². The van der Waals surface area contributed by atoms with Crippen molar-refractivity contribution in [1.82, 2.24) is 9.88 Å². The first-order valence-corrected chi connectivity index (χ1v) is 10.1. The summed E-state index contributed by atoms with van der Waals surface area (Å²) in [7, 11) is 0. The van der Waals surface area contributed by atoms with Crippen LogP contribution in [-0.2, 0) is 0 Å². The number of amides is 1. The Hall–Kier alpha value is -2.63. The van der Waals surface area contributed by atoms with Crippen molar-refractivity contribution in [3.05, 3.63) is 54.0 Å². The zero-order valence-electron chi connectivity index (χ0n) is 16.4. The smallest absolute Gasteiger partial charge is 0.255 e. The Bertz CT molecular complexity index is 810. The molecule has 1 amide bonds. The quantitative estimate of drug-likeness (QED) is 0.816. The average Bonchev–Trinajstić information content (AvgIpc) is 2.74. The van der Waals surface area contributed by atoms with Gasteiger partial charge in [0.15, 0.2) is 0 Å². The SMILES string of the molecule is CC1CCN(c2ccc(C(=O)N3CCN(c4ccccc4F)CC3)cn2)CC1. The van der Waals surface area contributed by atoms with E-state index in [1.807, 2.05) is 28.0 Å². The summed E-state index contributed by atoms with van der Waals surface area (Å²) in [6.45, 7) is 6.77. The van der Waals surface area contributed by atoms with E-state index in [1.54, 1.807) is 18.3 Å². The molecule has 6 heteroatoms. The van der Waals surface area contributed by atoms with Crippen molar-refractivity contribution in [2.24, 2.45) is 5.92 Å². The number of carbonyl (C=O) groups excluding carboxylic acids is 1. The van der Waals surface area contributed by atoms with Crippen LogP contribution < -0.4 is 9.80 Å². The number of halogens is 1. The number of anilines is 2. The lowest BCUT2D eigenvalue weighted by Gasteiger charge is -2.36. The summed E-state index contributed by atoms with van der Waals surface area (Å²) < 4.78 is 14.0. The molecular formula is C22H27FN4O. The fraction of sp³-hybridized carbons (Fsp3) is 0.455. The lowest BCUT2D eigenvalue weighted by molar-refractivity contribution is 0.0746. The molecule has 1 aromatic heterocycles. The molecule has 0 radical (unpaired) electrons. The zero-order valence-corrected chi connectivity index (χ0v) is 16.4. The first kappa shape index (κ1) is 18.7. The third kappa shape index (κ3) is 3.96. The van der Waals surface area contributed by atoms with Crippen LogP contribution in [0, 0.1) is 11.7 Å². The second-order valence-electron chi connectivity index (χ2n) is 7.81. The van der Waals surface area contributed by atoms with Gasteiger partial charge in [-0.2, -0.15) is 0 Å². The molecule has 4 rings (SSSR count). The van der Waals surface area contributed by atoms with Crippen molar-refractivity contribution in [3.63, 3.8) is 0 Å². The summed E-state index contributed by atoms with van der Waals surface area (Å²) in [6.07, 6.45) is 4.07. The van der Waals surface area contributed by atoms with Crippen molar-refractivity contribution in [2.45, 2.75) is 19.8 Å². The van der Waals surface area contributed by atoms with E-state index < -0.39 is 0 Å². The number of pyridine rings is 1. The normalized spacial score (nSPS) is 18.4. The molecule has 5 nitrogen and oxygen atoms in total.